The van der Waals surface area contributed by atoms with E-state index in [-0.39, 0.29) is 16.7 Å². The van der Waals surface area contributed by atoms with Crippen LogP contribution in [-0.2, 0) is 0 Å². The number of anilines is 1. The molecule has 0 spiro atoms. The summed E-state index contributed by atoms with van der Waals surface area (Å²) in [5, 5.41) is 13.9. The summed E-state index contributed by atoms with van der Waals surface area (Å²) in [4.78, 5) is 14.1. The van der Waals surface area contributed by atoms with Crippen LogP contribution < -0.4 is 5.32 Å². The van der Waals surface area contributed by atoms with Gasteiger partial charge in [-0.15, -0.1) is 0 Å². The van der Waals surface area contributed by atoms with E-state index in [0.717, 1.165) is 6.42 Å². The van der Waals surface area contributed by atoms with Crippen LogP contribution in [0.5, 0.6) is 0 Å². The van der Waals surface area contributed by atoms with E-state index in [1.807, 2.05) is 0 Å². The van der Waals surface area contributed by atoms with E-state index in [1.165, 1.54) is 12.1 Å². The molecule has 1 heterocycles. The molecule has 6 heteroatoms. The Balaban J connectivity index is 2.76. The smallest absolute Gasteiger partial charge is 0.311 e. The largest absolute Gasteiger partial charge is 0.364 e. The van der Waals surface area contributed by atoms with Gasteiger partial charge < -0.3 is 5.32 Å². The minimum atomic E-state index is -0.471. The lowest BCUT2D eigenvalue weighted by Crippen LogP contribution is -2.08. The molecular formula is C10H14ClN3O2. The monoisotopic (exact) mass is 243 g/mol. The Morgan fingerprint density at radius 1 is 1.56 bits per heavy atom. The average Bonchev–Trinajstić information content (AvgIpc) is 2.16. The zero-order valence-corrected chi connectivity index (χ0v) is 9.99. The highest BCUT2D eigenvalue weighted by atomic mass is 35.5. The molecule has 0 aliphatic rings. The summed E-state index contributed by atoms with van der Waals surface area (Å²) < 4.78 is 0. The van der Waals surface area contributed by atoms with E-state index in [4.69, 9.17) is 11.6 Å². The lowest BCUT2D eigenvalue weighted by Gasteiger charge is -2.07. The molecule has 88 valence electrons. The summed E-state index contributed by atoms with van der Waals surface area (Å²) in [5.74, 6) is 0.767. The van der Waals surface area contributed by atoms with E-state index < -0.39 is 4.92 Å². The van der Waals surface area contributed by atoms with E-state index in [0.29, 0.717) is 12.5 Å². The van der Waals surface area contributed by atoms with Crippen molar-refractivity contribution in [3.63, 3.8) is 0 Å². The zero-order chi connectivity index (χ0) is 12.1. The number of aromatic nitrogens is 1. The Labute approximate surface area is 99.0 Å². The fourth-order valence-electron chi connectivity index (χ4n) is 1.18. The minimum absolute atomic E-state index is 0.0480. The number of halogens is 1. The van der Waals surface area contributed by atoms with Gasteiger partial charge in [0.2, 0.25) is 5.82 Å². The fraction of sp³-hybridized carbons (Fsp3) is 0.500. The summed E-state index contributed by atoms with van der Waals surface area (Å²) in [7, 11) is 0. The molecule has 1 rings (SSSR count). The lowest BCUT2D eigenvalue weighted by molar-refractivity contribution is -0.384. The van der Waals surface area contributed by atoms with Crippen molar-refractivity contribution >= 4 is 23.1 Å². The van der Waals surface area contributed by atoms with Crippen molar-refractivity contribution in [2.24, 2.45) is 5.92 Å². The molecule has 0 amide bonds. The third-order valence-corrected chi connectivity index (χ3v) is 2.26. The van der Waals surface area contributed by atoms with Crippen LogP contribution in [0.1, 0.15) is 20.3 Å². The normalized spacial score (nSPS) is 10.5. The molecule has 16 heavy (non-hydrogen) atoms. The fourth-order valence-corrected chi connectivity index (χ4v) is 1.33. The van der Waals surface area contributed by atoms with Crippen LogP contribution in [0.25, 0.3) is 0 Å². The number of nitrogens with zero attached hydrogens (tertiary/aromatic N) is 2. The number of nitrogens with one attached hydrogen (secondary N) is 1. The Kier molecular flexibility index (Phi) is 4.49. The van der Waals surface area contributed by atoms with Gasteiger partial charge in [0.25, 0.3) is 0 Å². The van der Waals surface area contributed by atoms with Gasteiger partial charge in [0.1, 0.15) is 5.15 Å². The molecule has 0 aliphatic heterocycles. The van der Waals surface area contributed by atoms with Gasteiger partial charge in [-0.25, -0.2) is 4.98 Å². The molecule has 0 atom stereocenters. The molecule has 0 fully saturated rings. The predicted molar refractivity (Wildman–Crippen MR) is 63.8 cm³/mol. The molecular weight excluding hydrogens is 230 g/mol. The highest BCUT2D eigenvalue weighted by Gasteiger charge is 2.15. The Bertz CT molecular complexity index is 382. The van der Waals surface area contributed by atoms with Crippen molar-refractivity contribution in [1.29, 1.82) is 0 Å². The van der Waals surface area contributed by atoms with Gasteiger partial charge in [0.05, 0.1) is 4.92 Å². The van der Waals surface area contributed by atoms with E-state index in [1.54, 1.807) is 0 Å². The van der Waals surface area contributed by atoms with Gasteiger partial charge in [-0.05, 0) is 18.4 Å². The maximum Gasteiger partial charge on any atom is 0.311 e. The van der Waals surface area contributed by atoms with Crippen LogP contribution in [0, 0.1) is 16.0 Å². The summed E-state index contributed by atoms with van der Waals surface area (Å²) in [6.45, 7) is 4.81. The highest BCUT2D eigenvalue weighted by molar-refractivity contribution is 6.29. The summed E-state index contributed by atoms with van der Waals surface area (Å²) >= 11 is 5.69. The Morgan fingerprint density at radius 2 is 2.25 bits per heavy atom. The SMILES string of the molecule is CC(C)CCNc1nc(Cl)ccc1[N+](=O)[O-]. The molecule has 0 saturated carbocycles. The first-order valence-corrected chi connectivity index (χ1v) is 5.43. The van der Waals surface area contributed by atoms with E-state index in [9.17, 15) is 10.1 Å². The number of hydrogen-bond donors (Lipinski definition) is 1. The number of rotatable bonds is 5. The first kappa shape index (κ1) is 12.7. The van der Waals surface area contributed by atoms with Crippen molar-refractivity contribution in [3.05, 3.63) is 27.4 Å². The third-order valence-electron chi connectivity index (χ3n) is 2.05. The molecule has 1 aromatic rings. The highest BCUT2D eigenvalue weighted by Crippen LogP contribution is 2.23. The van der Waals surface area contributed by atoms with Crippen LogP contribution in [0.15, 0.2) is 12.1 Å². The van der Waals surface area contributed by atoms with Crippen LogP contribution in [0.3, 0.4) is 0 Å². The molecule has 0 aromatic carbocycles. The van der Waals surface area contributed by atoms with Gasteiger partial charge in [0.15, 0.2) is 0 Å². The van der Waals surface area contributed by atoms with E-state index >= 15 is 0 Å². The van der Waals surface area contributed by atoms with Crippen LogP contribution in [0.4, 0.5) is 11.5 Å². The maximum atomic E-state index is 10.7. The summed E-state index contributed by atoms with van der Waals surface area (Å²) in [5.41, 5.74) is -0.0480. The van der Waals surface area contributed by atoms with Crippen molar-refractivity contribution in [1.82, 2.24) is 4.98 Å². The van der Waals surface area contributed by atoms with Crippen LogP contribution in [-0.4, -0.2) is 16.5 Å². The van der Waals surface area contributed by atoms with Crippen molar-refractivity contribution < 1.29 is 4.92 Å². The molecule has 5 nitrogen and oxygen atoms in total. The van der Waals surface area contributed by atoms with Crippen molar-refractivity contribution in [3.8, 4) is 0 Å². The third kappa shape index (κ3) is 3.66. The molecule has 0 aliphatic carbocycles. The molecule has 1 N–H and O–H groups in total. The quantitative estimate of drug-likeness (QED) is 0.490. The molecule has 0 bridgehead atoms. The first-order valence-electron chi connectivity index (χ1n) is 5.05. The Morgan fingerprint density at radius 3 is 2.81 bits per heavy atom. The second-order valence-electron chi connectivity index (χ2n) is 3.87. The zero-order valence-electron chi connectivity index (χ0n) is 9.24. The van der Waals surface area contributed by atoms with Crippen LogP contribution in [0.2, 0.25) is 5.15 Å². The standard InChI is InChI=1S/C10H14ClN3O2/c1-7(2)5-6-12-10-8(14(15)16)3-4-9(11)13-10/h3-4,7H,5-6H2,1-2H3,(H,12,13). The molecule has 0 saturated heterocycles. The molecule has 0 radical (unpaired) electrons. The second-order valence-corrected chi connectivity index (χ2v) is 4.26. The van der Waals surface area contributed by atoms with Crippen LogP contribution >= 0.6 is 11.6 Å². The summed E-state index contributed by atoms with van der Waals surface area (Å²) in [6, 6.07) is 2.76. The Hall–Kier alpha value is -1.36. The summed E-state index contributed by atoms with van der Waals surface area (Å²) in [6.07, 6.45) is 0.922. The van der Waals surface area contributed by atoms with Gasteiger partial charge in [-0.3, -0.25) is 10.1 Å². The first-order chi connectivity index (χ1) is 7.50. The minimum Gasteiger partial charge on any atom is -0.364 e. The van der Waals surface area contributed by atoms with Crippen molar-refractivity contribution in [2.45, 2.75) is 20.3 Å². The second kappa shape index (κ2) is 5.65. The van der Waals surface area contributed by atoms with Gasteiger partial charge in [0, 0.05) is 12.6 Å². The lowest BCUT2D eigenvalue weighted by atomic mass is 10.1. The number of pyridine rings is 1. The van der Waals surface area contributed by atoms with Gasteiger partial charge in [-0.2, -0.15) is 0 Å². The topological polar surface area (TPSA) is 68.1 Å². The average molecular weight is 244 g/mol. The maximum absolute atomic E-state index is 10.7. The number of nitro groups is 1. The molecule has 0 unspecified atom stereocenters. The van der Waals surface area contributed by atoms with E-state index in [2.05, 4.69) is 24.1 Å². The van der Waals surface area contributed by atoms with Crippen molar-refractivity contribution in [2.75, 3.05) is 11.9 Å². The number of hydrogen-bond acceptors (Lipinski definition) is 4. The van der Waals surface area contributed by atoms with Gasteiger partial charge >= 0.3 is 5.69 Å². The molecule has 1 aromatic heterocycles. The predicted octanol–water partition coefficient (Wildman–Crippen LogP) is 3.10. The van der Waals surface area contributed by atoms with Gasteiger partial charge in [-0.1, -0.05) is 25.4 Å².